The third-order valence-electron chi connectivity index (χ3n) is 5.42. The molecule has 34 heavy (non-hydrogen) atoms. The molecule has 2 amide bonds. The summed E-state index contributed by atoms with van der Waals surface area (Å²) in [5, 5.41) is 25.2. The largest absolute Gasteiger partial charge is 0.478 e. The van der Waals surface area contributed by atoms with Crippen LogP contribution >= 0.6 is 31.9 Å². The highest BCUT2D eigenvalue weighted by molar-refractivity contribution is 9.11. The minimum absolute atomic E-state index is 0.00258. The molecule has 2 rings (SSSR count). The zero-order valence-corrected chi connectivity index (χ0v) is 22.5. The highest BCUT2D eigenvalue weighted by Crippen LogP contribution is 2.41. The summed E-state index contributed by atoms with van der Waals surface area (Å²) < 4.78 is 0.307. The van der Waals surface area contributed by atoms with Crippen molar-refractivity contribution < 1.29 is 29.4 Å². The molecule has 184 valence electrons. The minimum Gasteiger partial charge on any atom is -0.478 e. The number of carbonyl (C=O) groups is 4. The molecular formula is C24H28Br2N2O6. The maximum absolute atomic E-state index is 13.3. The first kappa shape index (κ1) is 27.8. The van der Waals surface area contributed by atoms with E-state index in [-0.39, 0.29) is 50.6 Å². The van der Waals surface area contributed by atoms with Crippen LogP contribution in [0.5, 0.6) is 0 Å². The third-order valence-corrected chi connectivity index (χ3v) is 6.92. The van der Waals surface area contributed by atoms with E-state index in [1.165, 1.54) is 0 Å². The summed E-state index contributed by atoms with van der Waals surface area (Å²) in [5.74, 6) is -3.78. The Labute approximate surface area is 214 Å². The molecule has 0 aromatic heterocycles. The first-order valence-electron chi connectivity index (χ1n) is 11.2. The van der Waals surface area contributed by atoms with E-state index in [2.05, 4.69) is 49.4 Å². The maximum atomic E-state index is 13.3. The number of hydrogen-bond acceptors (Lipinski definition) is 4. The predicted molar refractivity (Wildman–Crippen MR) is 137 cm³/mol. The van der Waals surface area contributed by atoms with Gasteiger partial charge < -0.3 is 20.8 Å². The minimum atomic E-state index is -1.35. The van der Waals surface area contributed by atoms with E-state index in [9.17, 15) is 29.4 Å². The molecule has 0 spiro atoms. The molecule has 0 aliphatic carbocycles. The Balaban J connectivity index is 3.19. The van der Waals surface area contributed by atoms with Crippen molar-refractivity contribution in [3.63, 3.8) is 0 Å². The number of benzene rings is 2. The molecule has 2 aromatic rings. The third kappa shape index (κ3) is 5.60. The van der Waals surface area contributed by atoms with Crippen molar-refractivity contribution in [2.24, 2.45) is 0 Å². The Morgan fingerprint density at radius 2 is 1.38 bits per heavy atom. The molecule has 4 N–H and O–H groups in total. The molecule has 0 saturated heterocycles. The van der Waals surface area contributed by atoms with Crippen LogP contribution in [0.15, 0.2) is 15.0 Å². The summed E-state index contributed by atoms with van der Waals surface area (Å²) in [5.41, 5.74) is -0.00368. The summed E-state index contributed by atoms with van der Waals surface area (Å²) in [6.45, 7) is 6.09. The quantitative estimate of drug-likeness (QED) is 0.256. The lowest BCUT2D eigenvalue weighted by molar-refractivity contribution is 0.0683. The van der Waals surface area contributed by atoms with Gasteiger partial charge in [-0.3, -0.25) is 9.59 Å². The molecule has 0 aliphatic heterocycles. The van der Waals surface area contributed by atoms with Crippen molar-refractivity contribution >= 4 is 66.4 Å². The number of carboxylic acids is 2. The lowest BCUT2D eigenvalue weighted by Crippen LogP contribution is -2.28. The topological polar surface area (TPSA) is 133 Å². The molecule has 0 heterocycles. The Hall–Kier alpha value is -2.46. The first-order chi connectivity index (χ1) is 16.1. The van der Waals surface area contributed by atoms with Gasteiger partial charge in [-0.15, -0.1) is 0 Å². The molecule has 0 unspecified atom stereocenters. The second-order valence-electron chi connectivity index (χ2n) is 7.71. The van der Waals surface area contributed by atoms with Crippen LogP contribution < -0.4 is 10.6 Å². The molecule has 0 saturated carbocycles. The maximum Gasteiger partial charge on any atom is 0.337 e. The van der Waals surface area contributed by atoms with E-state index < -0.39 is 23.8 Å². The number of amides is 2. The van der Waals surface area contributed by atoms with Crippen molar-refractivity contribution in [1.29, 1.82) is 0 Å². The smallest absolute Gasteiger partial charge is 0.337 e. The van der Waals surface area contributed by atoms with Crippen molar-refractivity contribution in [3.8, 4) is 0 Å². The van der Waals surface area contributed by atoms with Crippen molar-refractivity contribution in [3.05, 3.63) is 42.8 Å². The number of carbonyl (C=O) groups excluding carboxylic acids is 2. The molecule has 0 bridgehead atoms. The zero-order valence-electron chi connectivity index (χ0n) is 19.3. The summed E-state index contributed by atoms with van der Waals surface area (Å²) in [6.07, 6.45) is 3.99. The van der Waals surface area contributed by atoms with Crippen LogP contribution in [0.25, 0.3) is 10.8 Å². The average Bonchev–Trinajstić information content (AvgIpc) is 2.76. The Bertz CT molecular complexity index is 1150. The standard InChI is InChI=1S/C24H28Br2N2O6/c1-4-7-8-9-10-12-16(21(29)27-5-2)18-15(19(20(12)26)22(30)28-6-3)13(23(31)32)11-14(25)17(18)24(33)34/h11H,4-10H2,1-3H3,(H,27,29)(H,28,30)(H,31,32)(H,33,34). The van der Waals surface area contributed by atoms with Crippen molar-refractivity contribution in [1.82, 2.24) is 10.6 Å². The van der Waals surface area contributed by atoms with Crippen molar-refractivity contribution in [2.45, 2.75) is 52.9 Å². The highest BCUT2D eigenvalue weighted by Gasteiger charge is 2.32. The van der Waals surface area contributed by atoms with Gasteiger partial charge in [0.1, 0.15) is 0 Å². The van der Waals surface area contributed by atoms with Gasteiger partial charge in [0.2, 0.25) is 0 Å². The van der Waals surface area contributed by atoms with E-state index in [1.54, 1.807) is 13.8 Å². The fourth-order valence-corrected chi connectivity index (χ4v) is 5.36. The van der Waals surface area contributed by atoms with E-state index in [4.69, 9.17) is 0 Å². The predicted octanol–water partition coefficient (Wildman–Crippen LogP) is 5.38. The van der Waals surface area contributed by atoms with Crippen LogP contribution in [-0.2, 0) is 6.42 Å². The first-order valence-corrected chi connectivity index (χ1v) is 12.7. The van der Waals surface area contributed by atoms with Gasteiger partial charge in [-0.1, -0.05) is 26.2 Å². The number of carboxylic acid groups (broad SMARTS) is 2. The van der Waals surface area contributed by atoms with Crippen LogP contribution in [0.3, 0.4) is 0 Å². The highest BCUT2D eigenvalue weighted by atomic mass is 79.9. The summed E-state index contributed by atoms with van der Waals surface area (Å²) >= 11 is 6.66. The van der Waals surface area contributed by atoms with Crippen LogP contribution in [0.1, 0.15) is 93.4 Å². The van der Waals surface area contributed by atoms with E-state index in [0.29, 0.717) is 22.9 Å². The summed E-state index contributed by atoms with van der Waals surface area (Å²) in [7, 11) is 0. The van der Waals surface area contributed by atoms with Gasteiger partial charge in [-0.25, -0.2) is 9.59 Å². The molecule has 0 fully saturated rings. The second kappa shape index (κ2) is 12.3. The normalized spacial score (nSPS) is 10.9. The van der Waals surface area contributed by atoms with Crippen LogP contribution in [0.4, 0.5) is 0 Å². The molecule has 0 radical (unpaired) electrons. The van der Waals surface area contributed by atoms with Crippen LogP contribution in [0.2, 0.25) is 0 Å². The Morgan fingerprint density at radius 1 is 0.794 bits per heavy atom. The molecule has 8 nitrogen and oxygen atoms in total. The average molecular weight is 600 g/mol. The Kier molecular flexibility index (Phi) is 10.1. The van der Waals surface area contributed by atoms with E-state index >= 15 is 0 Å². The molecule has 10 heteroatoms. The van der Waals surface area contributed by atoms with Gasteiger partial charge in [0.05, 0.1) is 22.3 Å². The number of fused-ring (bicyclic) bond motifs is 1. The van der Waals surface area contributed by atoms with Gasteiger partial charge in [0.25, 0.3) is 11.8 Å². The number of nitrogens with one attached hydrogen (secondary N) is 2. The van der Waals surface area contributed by atoms with E-state index in [0.717, 1.165) is 25.3 Å². The lowest BCUT2D eigenvalue weighted by atomic mass is 9.86. The van der Waals surface area contributed by atoms with Crippen LogP contribution in [0, 0.1) is 0 Å². The summed E-state index contributed by atoms with van der Waals surface area (Å²) in [4.78, 5) is 51.0. The van der Waals surface area contributed by atoms with Gasteiger partial charge in [-0.05, 0) is 70.2 Å². The number of aromatic carboxylic acids is 2. The summed E-state index contributed by atoms with van der Waals surface area (Å²) in [6, 6.07) is 1.16. The van der Waals surface area contributed by atoms with Crippen LogP contribution in [-0.4, -0.2) is 47.1 Å². The van der Waals surface area contributed by atoms with E-state index in [1.807, 2.05) is 0 Å². The van der Waals surface area contributed by atoms with Crippen molar-refractivity contribution in [2.75, 3.05) is 13.1 Å². The Morgan fingerprint density at radius 3 is 1.88 bits per heavy atom. The SMILES string of the molecule is CCCCCCc1c(Br)c(C(=O)NCC)c2c(C(=O)O)cc(Br)c(C(=O)O)c2c1C(=O)NCC. The molecule has 2 aromatic carbocycles. The monoisotopic (exact) mass is 598 g/mol. The lowest BCUT2D eigenvalue weighted by Gasteiger charge is -2.22. The molecular weight excluding hydrogens is 572 g/mol. The van der Waals surface area contributed by atoms with Gasteiger partial charge >= 0.3 is 11.9 Å². The van der Waals surface area contributed by atoms with Gasteiger partial charge in [-0.2, -0.15) is 0 Å². The molecule has 0 atom stereocenters. The second-order valence-corrected chi connectivity index (χ2v) is 9.36. The number of unbranched alkanes of at least 4 members (excludes halogenated alkanes) is 3. The number of rotatable bonds is 11. The number of hydrogen-bond donors (Lipinski definition) is 4. The number of halogens is 2. The van der Waals surface area contributed by atoms with Gasteiger partial charge in [0, 0.05) is 32.8 Å². The molecule has 0 aliphatic rings. The fourth-order valence-electron chi connectivity index (χ4n) is 3.98. The fraction of sp³-hybridized carbons (Fsp3) is 0.417. The van der Waals surface area contributed by atoms with Gasteiger partial charge in [0.15, 0.2) is 0 Å². The zero-order chi connectivity index (χ0) is 25.6.